The lowest BCUT2D eigenvalue weighted by molar-refractivity contribution is -0.870. The van der Waals surface area contributed by atoms with E-state index in [9.17, 15) is 19.0 Å². The van der Waals surface area contributed by atoms with Crippen molar-refractivity contribution in [1.29, 1.82) is 0 Å². The summed E-state index contributed by atoms with van der Waals surface area (Å²) in [6.45, 7) is 4.25. The first-order valence-electron chi connectivity index (χ1n) is 25.4. The second-order valence-electron chi connectivity index (χ2n) is 18.5. The average Bonchev–Trinajstić information content (AvgIpc) is 3.20. The number of rotatable bonds is 47. The van der Waals surface area contributed by atoms with Crippen LogP contribution in [0, 0.1) is 0 Å². The van der Waals surface area contributed by atoms with Crippen molar-refractivity contribution in [3.8, 4) is 0 Å². The molecule has 0 aromatic rings. The number of quaternary nitrogens is 1. The monoisotopic (exact) mass is 872 g/mol. The van der Waals surface area contributed by atoms with E-state index in [1.807, 2.05) is 21.1 Å². The molecule has 0 fully saturated rings. The number of unbranched alkanes of at least 4 members (excludes halogenated alkanes) is 31. The number of ether oxygens (including phenoxy) is 2. The van der Waals surface area contributed by atoms with Gasteiger partial charge in [-0.1, -0.05) is 206 Å². The van der Waals surface area contributed by atoms with Gasteiger partial charge >= 0.3 is 11.9 Å². The van der Waals surface area contributed by atoms with Crippen LogP contribution in [-0.4, -0.2) is 70.0 Å². The minimum atomic E-state index is -4.62. The van der Waals surface area contributed by atoms with E-state index in [0.29, 0.717) is 17.4 Å². The first-order valence-corrected chi connectivity index (χ1v) is 26.9. The third-order valence-corrected chi connectivity index (χ3v) is 12.2. The van der Waals surface area contributed by atoms with Crippen molar-refractivity contribution in [2.75, 3.05) is 47.5 Å². The fourth-order valence-electron chi connectivity index (χ4n) is 7.30. The molecule has 0 bridgehead atoms. The molecule has 0 radical (unpaired) electrons. The number of phosphoric ester groups is 1. The first kappa shape index (κ1) is 58.8. The molecule has 10 heteroatoms. The van der Waals surface area contributed by atoms with Gasteiger partial charge < -0.3 is 27.9 Å². The van der Waals surface area contributed by atoms with Gasteiger partial charge in [-0.15, -0.1) is 0 Å². The third kappa shape index (κ3) is 46.3. The maximum Gasteiger partial charge on any atom is 0.306 e. The Hall–Kier alpha value is -1.25. The molecule has 0 N–H and O–H groups in total. The molecule has 356 valence electrons. The summed E-state index contributed by atoms with van der Waals surface area (Å²) < 4.78 is 34.0. The molecule has 0 aliphatic heterocycles. The summed E-state index contributed by atoms with van der Waals surface area (Å²) in [6.07, 6.45) is 46.7. The number of carbonyl (C=O) groups is 2. The van der Waals surface area contributed by atoms with Crippen molar-refractivity contribution < 1.29 is 42.1 Å². The van der Waals surface area contributed by atoms with Gasteiger partial charge in [-0.25, -0.2) is 0 Å². The zero-order chi connectivity index (χ0) is 44.3. The number of esters is 2. The largest absolute Gasteiger partial charge is 0.756 e. The van der Waals surface area contributed by atoms with Crippen LogP contribution in [0.1, 0.15) is 245 Å². The van der Waals surface area contributed by atoms with Crippen LogP contribution >= 0.6 is 7.82 Å². The van der Waals surface area contributed by atoms with E-state index in [1.165, 1.54) is 161 Å². The molecule has 0 amide bonds. The second kappa shape index (κ2) is 43.0. The highest BCUT2D eigenvalue weighted by molar-refractivity contribution is 7.45. The molecular formula is C50H98NO8P. The van der Waals surface area contributed by atoms with Gasteiger partial charge in [0.25, 0.3) is 7.82 Å². The summed E-state index contributed by atoms with van der Waals surface area (Å²) >= 11 is 0. The summed E-state index contributed by atoms with van der Waals surface area (Å²) in [4.78, 5) is 37.6. The summed E-state index contributed by atoms with van der Waals surface area (Å²) in [7, 11) is 1.17. The Balaban J connectivity index is 4.18. The second-order valence-corrected chi connectivity index (χ2v) is 20.0. The third-order valence-electron chi connectivity index (χ3n) is 11.3. The van der Waals surface area contributed by atoms with Crippen LogP contribution in [0.3, 0.4) is 0 Å². The fourth-order valence-corrected chi connectivity index (χ4v) is 8.03. The lowest BCUT2D eigenvalue weighted by atomic mass is 10.0. The molecule has 0 spiro atoms. The Bertz CT molecular complexity index is 1030. The van der Waals surface area contributed by atoms with Crippen molar-refractivity contribution in [1.82, 2.24) is 0 Å². The lowest BCUT2D eigenvalue weighted by Gasteiger charge is -2.28. The summed E-state index contributed by atoms with van der Waals surface area (Å²) in [6, 6.07) is 0. The predicted molar refractivity (Wildman–Crippen MR) is 250 cm³/mol. The van der Waals surface area contributed by atoms with E-state index in [2.05, 4.69) is 26.0 Å². The van der Waals surface area contributed by atoms with E-state index < -0.39 is 26.5 Å². The van der Waals surface area contributed by atoms with Crippen LogP contribution in [0.4, 0.5) is 0 Å². The van der Waals surface area contributed by atoms with Crippen molar-refractivity contribution >= 4 is 19.8 Å². The molecule has 1 unspecified atom stereocenters. The van der Waals surface area contributed by atoms with Gasteiger partial charge in [0.1, 0.15) is 19.8 Å². The van der Waals surface area contributed by atoms with Gasteiger partial charge in [0.2, 0.25) is 0 Å². The van der Waals surface area contributed by atoms with Crippen LogP contribution in [0.5, 0.6) is 0 Å². The van der Waals surface area contributed by atoms with Gasteiger partial charge in [0, 0.05) is 12.8 Å². The Morgan fingerprint density at radius 3 is 1.23 bits per heavy atom. The van der Waals surface area contributed by atoms with Crippen molar-refractivity contribution in [3.05, 3.63) is 12.2 Å². The van der Waals surface area contributed by atoms with Crippen molar-refractivity contribution in [2.24, 2.45) is 0 Å². The molecule has 0 aliphatic rings. The smallest absolute Gasteiger partial charge is 0.306 e. The standard InChI is InChI=1S/C50H98NO8P/c1-6-8-10-12-14-16-18-20-22-23-24-25-26-27-28-29-31-32-34-36-38-40-42-49(52)56-46-48(47-58-60(54,55)57-45-44-51(3,4)5)59-50(53)43-41-39-37-35-33-30-21-19-17-15-13-11-9-7-2/h19,21,48H,6-18,20,22-47H2,1-5H3/b21-19+/t48-/m1/s1. The van der Waals surface area contributed by atoms with Gasteiger partial charge in [-0.2, -0.15) is 0 Å². The van der Waals surface area contributed by atoms with Gasteiger partial charge in [-0.3, -0.25) is 14.2 Å². The Labute approximate surface area is 371 Å². The van der Waals surface area contributed by atoms with Crippen molar-refractivity contribution in [3.63, 3.8) is 0 Å². The number of phosphoric acid groups is 1. The fraction of sp³-hybridized carbons (Fsp3) is 0.920. The molecule has 0 saturated carbocycles. The number of hydrogen-bond acceptors (Lipinski definition) is 8. The number of carbonyl (C=O) groups excluding carboxylic acids is 2. The molecule has 0 aliphatic carbocycles. The first-order chi connectivity index (χ1) is 29.0. The van der Waals surface area contributed by atoms with Crippen LogP contribution in [0.2, 0.25) is 0 Å². The number of hydrogen-bond donors (Lipinski definition) is 0. The molecule has 2 atom stereocenters. The average molecular weight is 872 g/mol. The molecule has 0 heterocycles. The normalized spacial score (nSPS) is 13.5. The van der Waals surface area contributed by atoms with E-state index in [1.54, 1.807) is 0 Å². The molecule has 9 nitrogen and oxygen atoms in total. The molecule has 0 aromatic carbocycles. The quantitative estimate of drug-likeness (QED) is 0.0195. The van der Waals surface area contributed by atoms with Crippen LogP contribution in [0.15, 0.2) is 12.2 Å². The predicted octanol–water partition coefficient (Wildman–Crippen LogP) is 14.3. The van der Waals surface area contributed by atoms with Gasteiger partial charge in [0.15, 0.2) is 6.10 Å². The van der Waals surface area contributed by atoms with E-state index in [-0.39, 0.29) is 32.0 Å². The van der Waals surface area contributed by atoms with E-state index in [0.717, 1.165) is 51.4 Å². The SMILES string of the molecule is CCCCCCC/C=C/CCCCCCCC(=O)O[C@H](COC(=O)CCCCCCCCCCCCCCCCCCCCCCCC)COP(=O)([O-])OCC[N+](C)(C)C. The highest BCUT2D eigenvalue weighted by Gasteiger charge is 2.21. The maximum absolute atomic E-state index is 12.7. The Kier molecular flexibility index (Phi) is 42.1. The Morgan fingerprint density at radius 2 is 0.850 bits per heavy atom. The highest BCUT2D eigenvalue weighted by Crippen LogP contribution is 2.38. The van der Waals surface area contributed by atoms with Crippen LogP contribution in [0.25, 0.3) is 0 Å². The maximum atomic E-state index is 12.7. The van der Waals surface area contributed by atoms with Gasteiger partial charge in [-0.05, 0) is 38.5 Å². The molecular weight excluding hydrogens is 774 g/mol. The van der Waals surface area contributed by atoms with E-state index >= 15 is 0 Å². The van der Waals surface area contributed by atoms with Crippen LogP contribution in [-0.2, 0) is 32.7 Å². The summed E-state index contributed by atoms with van der Waals surface area (Å²) in [5.74, 6) is -0.830. The van der Waals surface area contributed by atoms with E-state index in [4.69, 9.17) is 18.5 Å². The Morgan fingerprint density at radius 1 is 0.500 bits per heavy atom. The molecule has 0 aromatic heterocycles. The van der Waals surface area contributed by atoms with Gasteiger partial charge in [0.05, 0.1) is 27.7 Å². The zero-order valence-electron chi connectivity index (χ0n) is 40.2. The summed E-state index contributed by atoms with van der Waals surface area (Å²) in [5, 5.41) is 0. The summed E-state index contributed by atoms with van der Waals surface area (Å²) in [5.41, 5.74) is 0. The highest BCUT2D eigenvalue weighted by atomic mass is 31.2. The minimum absolute atomic E-state index is 0.0291. The minimum Gasteiger partial charge on any atom is -0.756 e. The topological polar surface area (TPSA) is 111 Å². The van der Waals surface area contributed by atoms with Crippen LogP contribution < -0.4 is 4.89 Å². The van der Waals surface area contributed by atoms with Crippen molar-refractivity contribution in [2.45, 2.75) is 251 Å². The number of likely N-dealkylation sites (N-methyl/N-ethyl adjacent to an activating group) is 1. The zero-order valence-corrected chi connectivity index (χ0v) is 41.1. The number of nitrogens with zero attached hydrogens (tertiary/aromatic N) is 1. The lowest BCUT2D eigenvalue weighted by Crippen LogP contribution is -2.37. The molecule has 0 saturated heterocycles. The number of allylic oxidation sites excluding steroid dienone is 2. The molecule has 60 heavy (non-hydrogen) atoms. The molecule has 0 rings (SSSR count).